The normalized spacial score (nSPS) is 12.0. The first-order chi connectivity index (χ1) is 11.9. The number of carbonyl (C=O) groups excluding carboxylic acids is 1. The quantitative estimate of drug-likeness (QED) is 0.582. The summed E-state index contributed by atoms with van der Waals surface area (Å²) in [4.78, 5) is 24.9. The molecule has 0 bridgehead atoms. The monoisotopic (exact) mass is 347 g/mol. The van der Waals surface area contributed by atoms with Crippen LogP contribution in [0.3, 0.4) is 0 Å². The van der Waals surface area contributed by atoms with Gasteiger partial charge in [0.1, 0.15) is 5.76 Å². The van der Waals surface area contributed by atoms with Crippen LogP contribution in [-0.4, -0.2) is 43.0 Å². The molecule has 8 nitrogen and oxygen atoms in total. The molecular formula is C17H21N3O5. The third-order valence-corrected chi connectivity index (χ3v) is 3.67. The standard InChI is InChI=1S/C17H21N3O5/c1-4-24-16-8-7-12(10-13(16)20(22)23)17(21)18-11-14(19(2)3)15-6-5-9-25-15/h5-10,14H,4,11H2,1-3H3,(H,18,21). The molecule has 0 fully saturated rings. The largest absolute Gasteiger partial charge is 0.487 e. The van der Waals surface area contributed by atoms with E-state index in [2.05, 4.69) is 5.32 Å². The average molecular weight is 347 g/mol. The van der Waals surface area contributed by atoms with Crippen molar-refractivity contribution in [1.29, 1.82) is 0 Å². The molecule has 1 atom stereocenters. The molecule has 2 aromatic rings. The van der Waals surface area contributed by atoms with Crippen molar-refractivity contribution >= 4 is 11.6 Å². The highest BCUT2D eigenvalue weighted by Crippen LogP contribution is 2.28. The lowest BCUT2D eigenvalue weighted by Gasteiger charge is -2.22. The molecule has 1 unspecified atom stereocenters. The second-order valence-corrected chi connectivity index (χ2v) is 5.58. The van der Waals surface area contributed by atoms with Crippen LogP contribution in [0, 0.1) is 10.1 Å². The Morgan fingerprint density at radius 3 is 2.72 bits per heavy atom. The van der Waals surface area contributed by atoms with Gasteiger partial charge in [-0.05, 0) is 45.3 Å². The summed E-state index contributed by atoms with van der Waals surface area (Å²) in [5.74, 6) is 0.471. The van der Waals surface area contributed by atoms with E-state index in [4.69, 9.17) is 9.15 Å². The number of nitro groups is 1. The van der Waals surface area contributed by atoms with Gasteiger partial charge in [-0.1, -0.05) is 0 Å². The number of nitrogens with zero attached hydrogens (tertiary/aromatic N) is 2. The van der Waals surface area contributed by atoms with Crippen LogP contribution >= 0.6 is 0 Å². The van der Waals surface area contributed by atoms with Gasteiger partial charge >= 0.3 is 5.69 Å². The summed E-state index contributed by atoms with van der Waals surface area (Å²) in [5.41, 5.74) is -0.0307. The lowest BCUT2D eigenvalue weighted by atomic mass is 10.1. The fourth-order valence-corrected chi connectivity index (χ4v) is 2.39. The van der Waals surface area contributed by atoms with E-state index in [1.807, 2.05) is 25.1 Å². The minimum atomic E-state index is -0.562. The van der Waals surface area contributed by atoms with Crippen molar-refractivity contribution in [3.05, 3.63) is 58.0 Å². The Morgan fingerprint density at radius 2 is 2.16 bits per heavy atom. The molecule has 0 radical (unpaired) electrons. The summed E-state index contributed by atoms with van der Waals surface area (Å²) < 4.78 is 10.6. The minimum Gasteiger partial charge on any atom is -0.487 e. The predicted molar refractivity (Wildman–Crippen MR) is 91.7 cm³/mol. The van der Waals surface area contributed by atoms with Crippen LogP contribution in [0.5, 0.6) is 5.75 Å². The van der Waals surface area contributed by atoms with E-state index in [0.717, 1.165) is 5.76 Å². The second-order valence-electron chi connectivity index (χ2n) is 5.58. The molecule has 1 amide bonds. The molecule has 0 aliphatic carbocycles. The zero-order chi connectivity index (χ0) is 18.4. The Kier molecular flexibility index (Phi) is 6.13. The van der Waals surface area contributed by atoms with E-state index in [0.29, 0.717) is 13.2 Å². The minimum absolute atomic E-state index is 0.142. The van der Waals surface area contributed by atoms with Crippen molar-refractivity contribution in [2.24, 2.45) is 0 Å². The van der Waals surface area contributed by atoms with Gasteiger partial charge in [0.15, 0.2) is 5.75 Å². The first-order valence-corrected chi connectivity index (χ1v) is 7.83. The Morgan fingerprint density at radius 1 is 1.40 bits per heavy atom. The van der Waals surface area contributed by atoms with Crippen molar-refractivity contribution < 1.29 is 18.9 Å². The summed E-state index contributed by atoms with van der Waals surface area (Å²) in [6.45, 7) is 2.35. The van der Waals surface area contributed by atoms with E-state index in [9.17, 15) is 14.9 Å². The lowest BCUT2D eigenvalue weighted by Crippen LogP contribution is -2.34. The van der Waals surface area contributed by atoms with Crippen molar-refractivity contribution in [2.75, 3.05) is 27.2 Å². The first kappa shape index (κ1) is 18.5. The zero-order valence-corrected chi connectivity index (χ0v) is 14.4. The van der Waals surface area contributed by atoms with Gasteiger partial charge in [0.25, 0.3) is 5.91 Å². The maximum Gasteiger partial charge on any atom is 0.311 e. The molecule has 0 aliphatic rings. The molecule has 1 heterocycles. The van der Waals surface area contributed by atoms with Gasteiger partial charge in [-0.25, -0.2) is 0 Å². The molecule has 0 spiro atoms. The summed E-state index contributed by atoms with van der Waals surface area (Å²) >= 11 is 0. The molecule has 0 aliphatic heterocycles. The van der Waals surface area contributed by atoms with Crippen molar-refractivity contribution in [3.63, 3.8) is 0 Å². The van der Waals surface area contributed by atoms with Crippen LogP contribution in [0.1, 0.15) is 29.1 Å². The number of ether oxygens (including phenoxy) is 1. The fraction of sp³-hybridized carbons (Fsp3) is 0.353. The molecule has 2 rings (SSSR count). The summed E-state index contributed by atoms with van der Waals surface area (Å²) in [6.07, 6.45) is 1.57. The molecule has 134 valence electrons. The number of hydrogen-bond acceptors (Lipinski definition) is 6. The lowest BCUT2D eigenvalue weighted by molar-refractivity contribution is -0.385. The Balaban J connectivity index is 2.12. The maximum absolute atomic E-state index is 12.4. The number of likely N-dealkylation sites (N-methyl/N-ethyl adjacent to an activating group) is 1. The van der Waals surface area contributed by atoms with Crippen molar-refractivity contribution in [3.8, 4) is 5.75 Å². The Hall–Kier alpha value is -2.87. The van der Waals surface area contributed by atoms with Gasteiger partial charge in [-0.15, -0.1) is 0 Å². The molecule has 25 heavy (non-hydrogen) atoms. The third-order valence-electron chi connectivity index (χ3n) is 3.67. The van der Waals surface area contributed by atoms with E-state index < -0.39 is 10.8 Å². The predicted octanol–water partition coefficient (Wildman–Crippen LogP) is 2.62. The number of amides is 1. The molecule has 1 aromatic carbocycles. The number of furan rings is 1. The number of rotatable bonds is 8. The van der Waals surface area contributed by atoms with Gasteiger partial charge in [-0.3, -0.25) is 19.8 Å². The molecule has 1 aromatic heterocycles. The highest BCUT2D eigenvalue weighted by molar-refractivity contribution is 5.95. The van der Waals surface area contributed by atoms with Gasteiger partial charge < -0.3 is 14.5 Å². The summed E-state index contributed by atoms with van der Waals surface area (Å²) in [6, 6.07) is 7.63. The number of benzene rings is 1. The number of hydrogen-bond donors (Lipinski definition) is 1. The molecule has 0 saturated heterocycles. The summed E-state index contributed by atoms with van der Waals surface area (Å²) in [7, 11) is 3.75. The Labute approximate surface area is 145 Å². The van der Waals surface area contributed by atoms with Gasteiger partial charge in [0.05, 0.1) is 23.8 Å². The second kappa shape index (κ2) is 8.29. The number of nitro benzene ring substituents is 1. The zero-order valence-electron chi connectivity index (χ0n) is 14.4. The van der Waals surface area contributed by atoms with E-state index in [-0.39, 0.29) is 23.0 Å². The van der Waals surface area contributed by atoms with Gasteiger partial charge in [-0.2, -0.15) is 0 Å². The van der Waals surface area contributed by atoms with Crippen LogP contribution in [0.2, 0.25) is 0 Å². The van der Waals surface area contributed by atoms with E-state index in [1.54, 1.807) is 19.3 Å². The average Bonchev–Trinajstić information content (AvgIpc) is 3.09. The molecular weight excluding hydrogens is 326 g/mol. The van der Waals surface area contributed by atoms with Crippen LogP contribution in [-0.2, 0) is 0 Å². The highest BCUT2D eigenvalue weighted by Gasteiger charge is 2.21. The maximum atomic E-state index is 12.4. The number of nitrogens with one attached hydrogen (secondary N) is 1. The van der Waals surface area contributed by atoms with Gasteiger partial charge in [0, 0.05) is 18.2 Å². The van der Waals surface area contributed by atoms with Crippen LogP contribution in [0.25, 0.3) is 0 Å². The fourth-order valence-electron chi connectivity index (χ4n) is 2.39. The first-order valence-electron chi connectivity index (χ1n) is 7.83. The van der Waals surface area contributed by atoms with Crippen LogP contribution in [0.4, 0.5) is 5.69 Å². The highest BCUT2D eigenvalue weighted by atomic mass is 16.6. The van der Waals surface area contributed by atoms with E-state index >= 15 is 0 Å². The summed E-state index contributed by atoms with van der Waals surface area (Å²) in [5, 5.41) is 13.9. The number of carbonyl (C=O) groups is 1. The Bertz CT molecular complexity index is 728. The molecule has 0 saturated carbocycles. The van der Waals surface area contributed by atoms with Crippen LogP contribution < -0.4 is 10.1 Å². The van der Waals surface area contributed by atoms with Crippen molar-refractivity contribution in [1.82, 2.24) is 10.2 Å². The smallest absolute Gasteiger partial charge is 0.311 e. The molecule has 1 N–H and O–H groups in total. The van der Waals surface area contributed by atoms with E-state index in [1.165, 1.54) is 18.2 Å². The third kappa shape index (κ3) is 4.57. The van der Waals surface area contributed by atoms with Gasteiger partial charge in [0.2, 0.25) is 0 Å². The topological polar surface area (TPSA) is 97.8 Å². The SMILES string of the molecule is CCOc1ccc(C(=O)NCC(c2ccco2)N(C)C)cc1[N+](=O)[O-]. The van der Waals surface area contributed by atoms with Crippen molar-refractivity contribution in [2.45, 2.75) is 13.0 Å². The molecule has 8 heteroatoms. The van der Waals surface area contributed by atoms with Crippen LogP contribution in [0.15, 0.2) is 41.0 Å².